The second-order valence-corrected chi connectivity index (χ2v) is 6.78. The van der Waals surface area contributed by atoms with Crippen molar-refractivity contribution in [3.8, 4) is 0 Å². The van der Waals surface area contributed by atoms with E-state index in [1.54, 1.807) is 0 Å². The zero-order valence-electron chi connectivity index (χ0n) is 13.9. The zero-order chi connectivity index (χ0) is 16.4. The molecule has 2 aliphatic rings. The third kappa shape index (κ3) is 4.25. The number of carbonyl (C=O) groups excluding carboxylic acids is 1. The van der Waals surface area contributed by atoms with E-state index in [0.717, 1.165) is 45.0 Å². The molecule has 2 unspecified atom stereocenters. The quantitative estimate of drug-likeness (QED) is 0.875. The lowest BCUT2D eigenvalue weighted by Gasteiger charge is -2.32. The first-order valence-corrected chi connectivity index (χ1v) is 8.48. The van der Waals surface area contributed by atoms with Gasteiger partial charge in [0.05, 0.1) is 0 Å². The molecule has 134 valence electrons. The van der Waals surface area contributed by atoms with Crippen LogP contribution in [0.1, 0.15) is 37.2 Å². The highest BCUT2D eigenvalue weighted by Gasteiger charge is 2.47. The highest BCUT2D eigenvalue weighted by Crippen LogP contribution is 2.49. The molecule has 1 aliphatic heterocycles. The van der Waals surface area contributed by atoms with Crippen molar-refractivity contribution in [2.75, 3.05) is 26.7 Å². The number of amides is 1. The highest BCUT2D eigenvalue weighted by atomic mass is 35.5. The number of hydrogen-bond donors (Lipinski definition) is 1. The van der Waals surface area contributed by atoms with E-state index in [9.17, 15) is 13.6 Å². The van der Waals surface area contributed by atoms with Gasteiger partial charge in [-0.3, -0.25) is 4.79 Å². The molecule has 1 aromatic rings. The second-order valence-electron chi connectivity index (χ2n) is 6.78. The van der Waals surface area contributed by atoms with Crippen LogP contribution in [0.3, 0.4) is 0 Å². The smallest absolute Gasteiger partial charge is 0.226 e. The zero-order valence-corrected chi connectivity index (χ0v) is 14.7. The Morgan fingerprint density at radius 2 is 2.00 bits per heavy atom. The van der Waals surface area contributed by atoms with Crippen molar-refractivity contribution in [3.05, 3.63) is 35.4 Å². The van der Waals surface area contributed by atoms with Gasteiger partial charge in [0.1, 0.15) is 11.6 Å². The third-order valence-corrected chi connectivity index (χ3v) is 5.20. The van der Waals surface area contributed by atoms with E-state index in [-0.39, 0.29) is 30.2 Å². The molecule has 24 heavy (non-hydrogen) atoms. The molecular weight excluding hydrogens is 334 g/mol. The van der Waals surface area contributed by atoms with Gasteiger partial charge in [0, 0.05) is 25.1 Å². The summed E-state index contributed by atoms with van der Waals surface area (Å²) in [6.45, 7) is 2.64. The van der Waals surface area contributed by atoms with E-state index in [0.29, 0.717) is 17.9 Å². The number of hydrogen-bond acceptors (Lipinski definition) is 2. The largest absolute Gasteiger partial charge is 0.342 e. The minimum atomic E-state index is -0.571. The van der Waals surface area contributed by atoms with Gasteiger partial charge in [-0.1, -0.05) is 6.07 Å². The molecule has 1 N–H and O–H groups in total. The van der Waals surface area contributed by atoms with Crippen molar-refractivity contribution in [2.45, 2.75) is 31.6 Å². The van der Waals surface area contributed by atoms with Crippen molar-refractivity contribution < 1.29 is 13.6 Å². The molecule has 3 nitrogen and oxygen atoms in total. The lowest BCUT2D eigenvalue weighted by Crippen LogP contribution is -2.40. The molecule has 2 fully saturated rings. The number of benzene rings is 1. The first kappa shape index (κ1) is 19.1. The molecule has 0 bridgehead atoms. The molecule has 1 heterocycles. The number of nitrogens with zero attached hydrogens (tertiary/aromatic N) is 1. The van der Waals surface area contributed by atoms with Gasteiger partial charge < -0.3 is 10.2 Å². The first-order chi connectivity index (χ1) is 11.1. The SMILES string of the molecule is CNCCC1CCN(C(=O)C2CC2c2ccc(F)cc2F)CC1.Cl. The van der Waals surface area contributed by atoms with Crippen LogP contribution in [-0.2, 0) is 4.79 Å². The standard InChI is InChI=1S/C18H24F2N2O.ClH/c1-21-7-4-12-5-8-22(9-6-12)18(23)16-11-15(16)14-3-2-13(19)10-17(14)20;/h2-3,10,12,15-16,21H,4-9,11H2,1H3;1H. The van der Waals surface area contributed by atoms with E-state index in [2.05, 4.69) is 5.32 Å². The number of rotatable bonds is 5. The predicted molar refractivity (Wildman–Crippen MR) is 92.3 cm³/mol. The Hall–Kier alpha value is -1.20. The van der Waals surface area contributed by atoms with Crippen LogP contribution < -0.4 is 5.32 Å². The lowest BCUT2D eigenvalue weighted by atomic mass is 9.93. The number of carbonyl (C=O) groups is 1. The van der Waals surface area contributed by atoms with Crippen LogP contribution in [0.15, 0.2) is 18.2 Å². The molecule has 1 amide bonds. The Labute approximate surface area is 148 Å². The maximum atomic E-state index is 13.8. The highest BCUT2D eigenvalue weighted by molar-refractivity contribution is 5.85. The van der Waals surface area contributed by atoms with Crippen LogP contribution in [-0.4, -0.2) is 37.5 Å². The summed E-state index contributed by atoms with van der Waals surface area (Å²) in [5.41, 5.74) is 0.480. The number of likely N-dealkylation sites (tertiary alicyclic amines) is 1. The molecule has 0 spiro atoms. The van der Waals surface area contributed by atoms with Crippen LogP contribution in [0.25, 0.3) is 0 Å². The molecule has 1 aliphatic carbocycles. The van der Waals surface area contributed by atoms with Crippen LogP contribution in [0.4, 0.5) is 8.78 Å². The Morgan fingerprint density at radius 3 is 2.62 bits per heavy atom. The van der Waals surface area contributed by atoms with Crippen LogP contribution in [0.5, 0.6) is 0 Å². The summed E-state index contributed by atoms with van der Waals surface area (Å²) in [5.74, 6) is -0.467. The van der Waals surface area contributed by atoms with Gasteiger partial charge in [0.25, 0.3) is 0 Å². The van der Waals surface area contributed by atoms with Gasteiger partial charge in [-0.05, 0) is 62.7 Å². The average Bonchev–Trinajstić information content (AvgIpc) is 3.33. The Balaban J connectivity index is 0.00000208. The van der Waals surface area contributed by atoms with E-state index in [4.69, 9.17) is 0 Å². The van der Waals surface area contributed by atoms with Gasteiger partial charge in [-0.25, -0.2) is 8.78 Å². The van der Waals surface area contributed by atoms with Gasteiger partial charge in [-0.15, -0.1) is 12.4 Å². The molecule has 6 heteroatoms. The van der Waals surface area contributed by atoms with Crippen molar-refractivity contribution in [3.63, 3.8) is 0 Å². The molecule has 1 aromatic carbocycles. The van der Waals surface area contributed by atoms with E-state index < -0.39 is 11.6 Å². The fourth-order valence-electron chi connectivity index (χ4n) is 3.64. The van der Waals surface area contributed by atoms with Crippen molar-refractivity contribution in [1.29, 1.82) is 0 Å². The fraction of sp³-hybridized carbons (Fsp3) is 0.611. The van der Waals surface area contributed by atoms with Crippen LogP contribution in [0.2, 0.25) is 0 Å². The number of piperidine rings is 1. The van der Waals surface area contributed by atoms with Crippen molar-refractivity contribution in [1.82, 2.24) is 10.2 Å². The third-order valence-electron chi connectivity index (χ3n) is 5.20. The van der Waals surface area contributed by atoms with Crippen molar-refractivity contribution in [2.24, 2.45) is 11.8 Å². The van der Waals surface area contributed by atoms with E-state index in [1.165, 1.54) is 12.1 Å². The summed E-state index contributed by atoms with van der Waals surface area (Å²) >= 11 is 0. The summed E-state index contributed by atoms with van der Waals surface area (Å²) < 4.78 is 26.8. The lowest BCUT2D eigenvalue weighted by molar-refractivity contribution is -0.134. The van der Waals surface area contributed by atoms with Gasteiger partial charge in [0.15, 0.2) is 0 Å². The molecule has 0 aromatic heterocycles. The number of nitrogens with one attached hydrogen (secondary N) is 1. The molecule has 0 radical (unpaired) electrons. The Morgan fingerprint density at radius 1 is 1.29 bits per heavy atom. The first-order valence-electron chi connectivity index (χ1n) is 8.48. The summed E-state index contributed by atoms with van der Waals surface area (Å²) in [4.78, 5) is 14.5. The van der Waals surface area contributed by atoms with Gasteiger partial charge in [0.2, 0.25) is 5.91 Å². The van der Waals surface area contributed by atoms with Gasteiger partial charge in [-0.2, -0.15) is 0 Å². The number of halogens is 3. The normalized spacial score (nSPS) is 23.7. The monoisotopic (exact) mass is 358 g/mol. The molecular formula is C18H25ClF2N2O. The molecule has 1 saturated carbocycles. The predicted octanol–water partition coefficient (Wildman–Crippen LogP) is 3.34. The Bertz CT molecular complexity index is 576. The molecule has 2 atom stereocenters. The summed E-state index contributed by atoms with van der Waals surface area (Å²) in [6.07, 6.45) is 3.94. The summed E-state index contributed by atoms with van der Waals surface area (Å²) in [6, 6.07) is 3.65. The minimum absolute atomic E-state index is 0. The maximum absolute atomic E-state index is 13.8. The Kier molecular flexibility index (Phi) is 6.58. The molecule has 3 rings (SSSR count). The van der Waals surface area contributed by atoms with E-state index >= 15 is 0 Å². The van der Waals surface area contributed by atoms with E-state index in [1.807, 2.05) is 11.9 Å². The summed E-state index contributed by atoms with van der Waals surface area (Å²) in [5, 5.41) is 3.17. The summed E-state index contributed by atoms with van der Waals surface area (Å²) in [7, 11) is 1.96. The fourth-order valence-corrected chi connectivity index (χ4v) is 3.64. The van der Waals surface area contributed by atoms with Crippen LogP contribution in [0, 0.1) is 23.5 Å². The second kappa shape index (κ2) is 8.26. The average molecular weight is 359 g/mol. The van der Waals surface area contributed by atoms with Gasteiger partial charge >= 0.3 is 0 Å². The molecule has 1 saturated heterocycles. The topological polar surface area (TPSA) is 32.3 Å². The van der Waals surface area contributed by atoms with Crippen molar-refractivity contribution >= 4 is 18.3 Å². The minimum Gasteiger partial charge on any atom is -0.342 e. The maximum Gasteiger partial charge on any atom is 0.226 e. The van der Waals surface area contributed by atoms with Crippen LogP contribution >= 0.6 is 12.4 Å².